The highest BCUT2D eigenvalue weighted by Crippen LogP contribution is 2.37. The van der Waals surface area contributed by atoms with Crippen molar-refractivity contribution >= 4 is 12.0 Å². The Morgan fingerprint density at radius 3 is 2.40 bits per heavy atom. The van der Waals surface area contributed by atoms with Crippen molar-refractivity contribution in [2.75, 3.05) is 13.7 Å². The molecule has 0 aliphatic rings. The van der Waals surface area contributed by atoms with Crippen molar-refractivity contribution in [2.45, 2.75) is 26.4 Å². The van der Waals surface area contributed by atoms with Crippen LogP contribution in [0.25, 0.3) is 17.2 Å². The number of aryl methyl sites for hydroxylation is 1. The van der Waals surface area contributed by atoms with Gasteiger partial charge in [-0.05, 0) is 59.4 Å². The van der Waals surface area contributed by atoms with Crippen molar-refractivity contribution in [3.63, 3.8) is 0 Å². The Bertz CT molecular complexity index is 1510. The third-order valence-corrected chi connectivity index (χ3v) is 6.22. The van der Waals surface area contributed by atoms with Gasteiger partial charge in [0.1, 0.15) is 23.9 Å². The molecule has 4 rings (SSSR count). The van der Waals surface area contributed by atoms with Crippen LogP contribution in [0.15, 0.2) is 97.1 Å². The maximum absolute atomic E-state index is 13.6. The van der Waals surface area contributed by atoms with E-state index in [1.807, 2.05) is 72.8 Å². The van der Waals surface area contributed by atoms with E-state index in [1.54, 1.807) is 12.1 Å². The molecule has 0 unspecified atom stereocenters. The average molecular weight is 535 g/mol. The predicted octanol–water partition coefficient (Wildman–Crippen LogP) is 7.64. The van der Waals surface area contributed by atoms with Crippen LogP contribution in [-0.2, 0) is 22.6 Å². The molecule has 202 valence electrons. The molecule has 0 aromatic heterocycles. The fourth-order valence-electron chi connectivity index (χ4n) is 4.10. The first kappa shape index (κ1) is 28.2. The second-order valence-corrected chi connectivity index (χ2v) is 8.96. The zero-order chi connectivity index (χ0) is 28.2. The number of esters is 1. The van der Waals surface area contributed by atoms with E-state index in [0.717, 1.165) is 45.6 Å². The summed E-state index contributed by atoms with van der Waals surface area (Å²) in [7, 11) is 1.31. The normalized spacial score (nSPS) is 10.6. The van der Waals surface area contributed by atoms with E-state index in [2.05, 4.69) is 29.6 Å². The summed E-state index contributed by atoms with van der Waals surface area (Å²) in [5.41, 5.74) is 5.52. The van der Waals surface area contributed by atoms with Gasteiger partial charge in [0.25, 0.3) is 0 Å². The molecule has 4 aromatic carbocycles. The summed E-state index contributed by atoms with van der Waals surface area (Å²) < 4.78 is 30.7. The molecule has 0 N–H and O–H groups in total. The fourth-order valence-corrected chi connectivity index (χ4v) is 4.10. The van der Waals surface area contributed by atoms with Crippen molar-refractivity contribution < 1.29 is 23.4 Å². The molecular formula is C35H31FO4. The number of methoxy groups -OCH3 is 1. The van der Waals surface area contributed by atoms with E-state index in [-0.39, 0.29) is 5.82 Å². The van der Waals surface area contributed by atoms with Crippen LogP contribution in [0.5, 0.6) is 11.5 Å². The lowest BCUT2D eigenvalue weighted by Gasteiger charge is -2.17. The number of ether oxygens (including phenoxy) is 3. The summed E-state index contributed by atoms with van der Waals surface area (Å²) >= 11 is 0. The highest BCUT2D eigenvalue weighted by molar-refractivity contribution is 5.89. The number of benzene rings is 4. The Kier molecular flexibility index (Phi) is 10.1. The highest BCUT2D eigenvalue weighted by Gasteiger charge is 2.14. The molecule has 0 amide bonds. The summed E-state index contributed by atoms with van der Waals surface area (Å²) in [4.78, 5) is 11.4. The Morgan fingerprint density at radius 2 is 1.65 bits per heavy atom. The molecule has 5 heteroatoms. The minimum Gasteiger partial charge on any atom is -0.493 e. The van der Waals surface area contributed by atoms with Gasteiger partial charge in [0.15, 0.2) is 0 Å². The van der Waals surface area contributed by atoms with Crippen LogP contribution in [0.2, 0.25) is 0 Å². The number of hydrogen-bond donors (Lipinski definition) is 0. The van der Waals surface area contributed by atoms with Gasteiger partial charge in [-0.25, -0.2) is 9.18 Å². The second-order valence-electron chi connectivity index (χ2n) is 8.96. The van der Waals surface area contributed by atoms with Crippen molar-refractivity contribution in [1.82, 2.24) is 0 Å². The van der Waals surface area contributed by atoms with Crippen molar-refractivity contribution in [1.29, 1.82) is 0 Å². The van der Waals surface area contributed by atoms with Gasteiger partial charge in [-0.3, -0.25) is 0 Å². The molecular weight excluding hydrogens is 503 g/mol. The lowest BCUT2D eigenvalue weighted by molar-refractivity contribution is -0.133. The number of carbonyl (C=O) groups excluding carboxylic acids is 1. The first-order valence-corrected chi connectivity index (χ1v) is 13.1. The molecule has 0 atom stereocenters. The van der Waals surface area contributed by atoms with E-state index in [1.165, 1.54) is 19.2 Å². The smallest absolute Gasteiger partial charge is 0.384 e. The van der Waals surface area contributed by atoms with Crippen molar-refractivity contribution in [3.05, 3.63) is 125 Å². The third kappa shape index (κ3) is 7.85. The lowest BCUT2D eigenvalue weighted by Crippen LogP contribution is -2.02. The Labute approximate surface area is 235 Å². The lowest BCUT2D eigenvalue weighted by atomic mass is 9.99. The average Bonchev–Trinajstić information content (AvgIpc) is 3.00. The Hall–Kier alpha value is -4.82. The van der Waals surface area contributed by atoms with Crippen molar-refractivity contribution in [2.24, 2.45) is 0 Å². The zero-order valence-electron chi connectivity index (χ0n) is 22.7. The van der Waals surface area contributed by atoms with Crippen LogP contribution in [0.4, 0.5) is 4.39 Å². The first-order chi connectivity index (χ1) is 19.6. The molecule has 0 saturated carbocycles. The van der Waals surface area contributed by atoms with Gasteiger partial charge in [0.2, 0.25) is 0 Å². The van der Waals surface area contributed by atoms with Gasteiger partial charge in [0, 0.05) is 23.1 Å². The number of rotatable bonds is 10. The van der Waals surface area contributed by atoms with Crippen LogP contribution in [0.3, 0.4) is 0 Å². The largest absolute Gasteiger partial charge is 0.493 e. The van der Waals surface area contributed by atoms with Gasteiger partial charge >= 0.3 is 5.97 Å². The highest BCUT2D eigenvalue weighted by atomic mass is 19.1. The Balaban J connectivity index is 1.50. The topological polar surface area (TPSA) is 44.8 Å². The summed E-state index contributed by atoms with van der Waals surface area (Å²) in [6, 6.07) is 28.0. The Morgan fingerprint density at radius 1 is 0.900 bits per heavy atom. The van der Waals surface area contributed by atoms with E-state index in [4.69, 9.17) is 9.47 Å². The third-order valence-electron chi connectivity index (χ3n) is 6.22. The summed E-state index contributed by atoms with van der Waals surface area (Å²) in [6.45, 7) is 2.95. The van der Waals surface area contributed by atoms with Gasteiger partial charge < -0.3 is 14.2 Å². The number of hydrogen-bond acceptors (Lipinski definition) is 4. The fraction of sp³-hybridized carbons (Fsp3) is 0.171. The molecule has 0 bridgehead atoms. The molecule has 40 heavy (non-hydrogen) atoms. The minimum absolute atomic E-state index is 0.280. The zero-order valence-corrected chi connectivity index (χ0v) is 22.7. The number of carbonyl (C=O) groups is 1. The van der Waals surface area contributed by atoms with Gasteiger partial charge in [-0.15, -0.1) is 0 Å². The van der Waals surface area contributed by atoms with Crippen LogP contribution in [0, 0.1) is 17.7 Å². The van der Waals surface area contributed by atoms with Gasteiger partial charge in [-0.2, -0.15) is 0 Å². The van der Waals surface area contributed by atoms with E-state index in [0.29, 0.717) is 25.4 Å². The molecule has 4 aromatic rings. The minimum atomic E-state index is -0.573. The van der Waals surface area contributed by atoms with Crippen LogP contribution in [0.1, 0.15) is 35.6 Å². The summed E-state index contributed by atoms with van der Waals surface area (Å²) in [5, 5.41) is 0. The van der Waals surface area contributed by atoms with Gasteiger partial charge in [0.05, 0.1) is 13.7 Å². The van der Waals surface area contributed by atoms with E-state index >= 15 is 0 Å². The molecule has 0 heterocycles. The SMILES string of the molecule is CCc1cc(-c2ccc(F)cc2)c(OCc2ccccc2)cc1OCCC=Cc1ccccc1C#CC(=O)OC. The quantitative estimate of drug-likeness (QED) is 0.119. The molecule has 4 nitrogen and oxygen atoms in total. The van der Waals surface area contributed by atoms with Crippen molar-refractivity contribution in [3.8, 4) is 34.5 Å². The van der Waals surface area contributed by atoms with Crippen LogP contribution < -0.4 is 9.47 Å². The van der Waals surface area contributed by atoms with Gasteiger partial charge in [-0.1, -0.05) is 85.7 Å². The summed E-state index contributed by atoms with van der Waals surface area (Å²) in [5.74, 6) is 5.91. The number of halogens is 1. The van der Waals surface area contributed by atoms with E-state index in [9.17, 15) is 9.18 Å². The second kappa shape index (κ2) is 14.4. The van der Waals surface area contributed by atoms with Crippen LogP contribution in [-0.4, -0.2) is 19.7 Å². The molecule has 0 saturated heterocycles. The molecule has 0 aliphatic carbocycles. The monoisotopic (exact) mass is 534 g/mol. The molecule has 0 spiro atoms. The molecule has 0 radical (unpaired) electrons. The standard InChI is InChI=1S/C35H31FO4/c1-3-27-23-32(30-16-19-31(36)20-17-30)34(40-25-26-11-5-4-6-12-26)24-33(27)39-22-10-9-15-28-13-7-8-14-29(28)18-21-35(37)38-2/h4-9,11-17,19-20,23-24H,3,10,22,25H2,1-2H3. The maximum Gasteiger partial charge on any atom is 0.384 e. The summed E-state index contributed by atoms with van der Waals surface area (Å²) in [6.07, 6.45) is 5.42. The molecule has 0 aliphatic heterocycles. The first-order valence-electron chi connectivity index (χ1n) is 13.1. The van der Waals surface area contributed by atoms with E-state index < -0.39 is 5.97 Å². The van der Waals surface area contributed by atoms with Crippen LogP contribution >= 0.6 is 0 Å². The predicted molar refractivity (Wildman–Crippen MR) is 156 cm³/mol. The maximum atomic E-state index is 13.6. The molecule has 0 fully saturated rings.